The third-order valence-electron chi connectivity index (χ3n) is 5.39. The Morgan fingerprint density at radius 1 is 0.939 bits per heavy atom. The minimum Gasteiger partial charge on any atom is -0.457 e. The first-order chi connectivity index (χ1) is 16.0. The van der Waals surface area contributed by atoms with E-state index in [1.165, 1.54) is 12.1 Å². The molecular weight excluding hydrogens is 425 g/mol. The average molecular weight is 449 g/mol. The van der Waals surface area contributed by atoms with E-state index in [0.717, 1.165) is 27.6 Å². The number of Topliss-reactive ketones (excluding diaryl/α,β-unsaturated/α-hetero) is 1. The van der Waals surface area contributed by atoms with Gasteiger partial charge in [0.05, 0.1) is 19.3 Å². The number of halogens is 1. The van der Waals surface area contributed by atoms with E-state index < -0.39 is 12.7 Å². The quantitative estimate of drug-likeness (QED) is 0.363. The fraction of sp³-hybridized carbons (Fsp3) is 0.192. The number of ketones is 1. The lowest BCUT2D eigenvalue weighted by Gasteiger charge is -2.09. The molecule has 0 radical (unpaired) electrons. The van der Waals surface area contributed by atoms with Crippen LogP contribution in [0.4, 0.5) is 4.39 Å². The lowest BCUT2D eigenvalue weighted by molar-refractivity contribution is -0.122. The van der Waals surface area contributed by atoms with Crippen LogP contribution < -0.4 is 4.74 Å². The van der Waals surface area contributed by atoms with E-state index in [9.17, 15) is 19.4 Å². The summed E-state index contributed by atoms with van der Waals surface area (Å²) >= 11 is 0. The maximum Gasteiger partial charge on any atom is 0.177 e. The van der Waals surface area contributed by atoms with E-state index in [-0.39, 0.29) is 31.2 Å². The molecule has 0 amide bonds. The van der Waals surface area contributed by atoms with Crippen LogP contribution in [0.5, 0.6) is 11.5 Å². The van der Waals surface area contributed by atoms with Crippen LogP contribution in [0.15, 0.2) is 72.9 Å². The average Bonchev–Trinajstić information content (AvgIpc) is 3.16. The van der Waals surface area contributed by atoms with Gasteiger partial charge in [0.15, 0.2) is 5.78 Å². The number of fused-ring (bicyclic) bond motifs is 1. The molecule has 4 aromatic rings. The van der Waals surface area contributed by atoms with Gasteiger partial charge in [-0.15, -0.1) is 0 Å². The molecule has 0 saturated heterocycles. The highest BCUT2D eigenvalue weighted by atomic mass is 19.1. The second-order valence-corrected chi connectivity index (χ2v) is 7.83. The predicted molar refractivity (Wildman–Crippen MR) is 123 cm³/mol. The fourth-order valence-electron chi connectivity index (χ4n) is 3.76. The summed E-state index contributed by atoms with van der Waals surface area (Å²) < 4.78 is 20.6. The highest BCUT2D eigenvalue weighted by Crippen LogP contribution is 2.31. The smallest absolute Gasteiger partial charge is 0.177 e. The number of aromatic nitrogens is 1. The molecule has 3 N–H and O–H groups in total. The summed E-state index contributed by atoms with van der Waals surface area (Å²) in [6, 6.07) is 19.1. The molecule has 0 fully saturated rings. The van der Waals surface area contributed by atoms with Crippen LogP contribution in [0.2, 0.25) is 0 Å². The van der Waals surface area contributed by atoms with Gasteiger partial charge >= 0.3 is 0 Å². The standard InChI is InChI=1S/C26H24FNO5/c27-20-4-8-24(9-5-20)33-23-6-1-17(2-7-23)18-3-10-26-25(12-18)19(11-21(31)15-29)13-28(26)14-22(32)16-30/h1-10,12-13,21,29-31H,11,14-16H2/t21-/m0/s1. The first kappa shape index (κ1) is 22.7. The van der Waals surface area contributed by atoms with Crippen LogP contribution in [0, 0.1) is 5.82 Å². The van der Waals surface area contributed by atoms with Gasteiger partial charge in [-0.2, -0.15) is 0 Å². The molecule has 170 valence electrons. The number of rotatable bonds is 9. The van der Waals surface area contributed by atoms with E-state index in [2.05, 4.69) is 0 Å². The molecule has 3 aromatic carbocycles. The van der Waals surface area contributed by atoms with Crippen LogP contribution in [-0.2, 0) is 17.8 Å². The van der Waals surface area contributed by atoms with Gasteiger partial charge in [-0.1, -0.05) is 18.2 Å². The third kappa shape index (κ3) is 5.28. The van der Waals surface area contributed by atoms with Crippen molar-refractivity contribution in [1.82, 2.24) is 4.57 Å². The summed E-state index contributed by atoms with van der Waals surface area (Å²) in [6.45, 7) is -0.882. The van der Waals surface area contributed by atoms with E-state index in [4.69, 9.17) is 9.84 Å². The molecule has 4 rings (SSSR count). The second-order valence-electron chi connectivity index (χ2n) is 7.83. The molecule has 7 heteroatoms. The van der Waals surface area contributed by atoms with Gasteiger partial charge in [-0.3, -0.25) is 4.79 Å². The summed E-state index contributed by atoms with van der Waals surface area (Å²) in [5, 5.41) is 29.2. The van der Waals surface area contributed by atoms with Crippen LogP contribution in [-0.4, -0.2) is 45.0 Å². The summed E-state index contributed by atoms with van der Waals surface area (Å²) in [4.78, 5) is 11.8. The van der Waals surface area contributed by atoms with Gasteiger partial charge in [-0.25, -0.2) is 4.39 Å². The van der Waals surface area contributed by atoms with Gasteiger partial charge in [0.2, 0.25) is 0 Å². The Bertz CT molecular complexity index is 1250. The molecule has 0 spiro atoms. The zero-order valence-corrected chi connectivity index (χ0v) is 17.8. The molecule has 0 aliphatic rings. The Kier molecular flexibility index (Phi) is 6.84. The summed E-state index contributed by atoms with van der Waals surface area (Å²) in [6.07, 6.45) is 1.10. The number of hydrogen-bond donors (Lipinski definition) is 3. The molecule has 1 heterocycles. The first-order valence-electron chi connectivity index (χ1n) is 10.5. The molecule has 0 saturated carbocycles. The number of benzene rings is 3. The number of hydrogen-bond acceptors (Lipinski definition) is 5. The number of aliphatic hydroxyl groups excluding tert-OH is 3. The summed E-state index contributed by atoms with van der Waals surface area (Å²) in [5.41, 5.74) is 3.48. The zero-order valence-electron chi connectivity index (χ0n) is 17.8. The minimum atomic E-state index is -0.913. The zero-order chi connectivity index (χ0) is 23.4. The predicted octanol–water partition coefficient (Wildman–Crippen LogP) is 3.70. The summed E-state index contributed by atoms with van der Waals surface area (Å²) in [7, 11) is 0. The number of carbonyl (C=O) groups is 1. The Morgan fingerprint density at radius 3 is 2.21 bits per heavy atom. The van der Waals surface area contributed by atoms with E-state index >= 15 is 0 Å². The molecule has 0 aliphatic heterocycles. The molecular formula is C26H24FNO5. The third-order valence-corrected chi connectivity index (χ3v) is 5.39. The number of nitrogens with zero attached hydrogens (tertiary/aromatic N) is 1. The Labute approximate surface area is 190 Å². The van der Waals surface area contributed by atoms with Crippen molar-refractivity contribution in [2.75, 3.05) is 13.2 Å². The van der Waals surface area contributed by atoms with Crippen LogP contribution in [0.3, 0.4) is 0 Å². The van der Waals surface area contributed by atoms with E-state index in [0.29, 0.717) is 11.5 Å². The van der Waals surface area contributed by atoms with Crippen molar-refractivity contribution in [3.8, 4) is 22.6 Å². The van der Waals surface area contributed by atoms with Gasteiger partial charge in [-0.05, 0) is 65.2 Å². The van der Waals surface area contributed by atoms with Gasteiger partial charge < -0.3 is 24.6 Å². The van der Waals surface area contributed by atoms with Crippen molar-refractivity contribution in [1.29, 1.82) is 0 Å². The van der Waals surface area contributed by atoms with Gasteiger partial charge in [0.25, 0.3) is 0 Å². The van der Waals surface area contributed by atoms with E-state index in [1.807, 2.05) is 42.5 Å². The van der Waals surface area contributed by atoms with Crippen molar-refractivity contribution >= 4 is 16.7 Å². The number of aliphatic hydroxyl groups is 3. The largest absolute Gasteiger partial charge is 0.457 e. The van der Waals surface area contributed by atoms with E-state index in [1.54, 1.807) is 22.9 Å². The Hall–Kier alpha value is -3.52. The number of ether oxygens (including phenoxy) is 1. The molecule has 0 bridgehead atoms. The van der Waals surface area contributed by atoms with Crippen LogP contribution >= 0.6 is 0 Å². The summed E-state index contributed by atoms with van der Waals surface area (Å²) in [5.74, 6) is 0.513. The Morgan fingerprint density at radius 2 is 1.58 bits per heavy atom. The topological polar surface area (TPSA) is 91.9 Å². The Balaban J connectivity index is 1.63. The van der Waals surface area contributed by atoms with Crippen LogP contribution in [0.25, 0.3) is 22.0 Å². The lowest BCUT2D eigenvalue weighted by Crippen LogP contribution is -2.15. The van der Waals surface area contributed by atoms with Crippen LogP contribution in [0.1, 0.15) is 5.56 Å². The molecule has 1 atom stereocenters. The van der Waals surface area contributed by atoms with Crippen molar-refractivity contribution < 1.29 is 29.2 Å². The molecule has 33 heavy (non-hydrogen) atoms. The molecule has 1 aromatic heterocycles. The number of carbonyl (C=O) groups excluding carboxylic acids is 1. The highest BCUT2D eigenvalue weighted by molar-refractivity contribution is 5.90. The monoisotopic (exact) mass is 449 g/mol. The van der Waals surface area contributed by atoms with Crippen molar-refractivity contribution in [3.63, 3.8) is 0 Å². The van der Waals surface area contributed by atoms with Crippen molar-refractivity contribution in [2.24, 2.45) is 0 Å². The molecule has 0 aliphatic carbocycles. The maximum absolute atomic E-state index is 13.1. The van der Waals surface area contributed by atoms with Gasteiger partial charge in [0.1, 0.15) is 23.9 Å². The highest BCUT2D eigenvalue weighted by Gasteiger charge is 2.15. The van der Waals surface area contributed by atoms with Crippen molar-refractivity contribution in [2.45, 2.75) is 19.1 Å². The fourth-order valence-corrected chi connectivity index (χ4v) is 3.76. The first-order valence-corrected chi connectivity index (χ1v) is 10.5. The second kappa shape index (κ2) is 9.95. The SMILES string of the molecule is O=C(CO)Cn1cc(C[C@H](O)CO)c2cc(-c3ccc(Oc4ccc(F)cc4)cc3)ccc21. The van der Waals surface area contributed by atoms with Gasteiger partial charge in [0, 0.05) is 23.5 Å². The van der Waals surface area contributed by atoms with Crippen molar-refractivity contribution in [3.05, 3.63) is 84.3 Å². The lowest BCUT2D eigenvalue weighted by atomic mass is 10.0. The minimum absolute atomic E-state index is 0.0248. The normalized spacial score (nSPS) is 12.1. The molecule has 0 unspecified atom stereocenters. The maximum atomic E-state index is 13.1. The molecule has 6 nitrogen and oxygen atoms in total.